The average molecular weight is 421 g/mol. The summed E-state index contributed by atoms with van der Waals surface area (Å²) >= 11 is 6.17. The number of halogens is 1. The lowest BCUT2D eigenvalue weighted by atomic mass is 9.96. The Morgan fingerprint density at radius 2 is 2.07 bits per heavy atom. The molecule has 0 spiro atoms. The number of nitrogens with one attached hydrogen (secondary N) is 2. The minimum atomic E-state index is -1.59. The SMILES string of the molecule is O=C(NC[C@]1(O)CO[C@H](CNC2OC2c2ccccc2Cl)[C@H]1O)c1cncnc1. The van der Waals surface area contributed by atoms with Crippen LogP contribution in [0, 0.1) is 0 Å². The van der Waals surface area contributed by atoms with Crippen LogP contribution in [0.25, 0.3) is 0 Å². The second-order valence-corrected chi connectivity index (χ2v) is 7.52. The number of carbonyl (C=O) groups excluding carboxylic acids is 1. The predicted molar refractivity (Wildman–Crippen MR) is 102 cm³/mol. The van der Waals surface area contributed by atoms with Gasteiger partial charge in [-0.15, -0.1) is 0 Å². The summed E-state index contributed by atoms with van der Waals surface area (Å²) in [4.78, 5) is 19.6. The Balaban J connectivity index is 1.26. The topological polar surface area (TPSA) is 129 Å². The molecule has 2 aliphatic heterocycles. The van der Waals surface area contributed by atoms with Gasteiger partial charge in [0.2, 0.25) is 0 Å². The first kappa shape index (κ1) is 20.1. The van der Waals surface area contributed by atoms with E-state index in [1.165, 1.54) is 18.7 Å². The zero-order valence-corrected chi connectivity index (χ0v) is 16.1. The average Bonchev–Trinajstić information content (AvgIpc) is 3.46. The van der Waals surface area contributed by atoms with Gasteiger partial charge in [0.25, 0.3) is 5.91 Å². The predicted octanol–water partition coefficient (Wildman–Crippen LogP) is 0.0378. The van der Waals surface area contributed by atoms with E-state index in [0.717, 1.165) is 5.56 Å². The molecule has 0 aliphatic carbocycles. The van der Waals surface area contributed by atoms with E-state index in [9.17, 15) is 15.0 Å². The quantitative estimate of drug-likeness (QED) is 0.462. The number of hydrogen-bond acceptors (Lipinski definition) is 8. The number of epoxide rings is 1. The third-order valence-corrected chi connectivity index (χ3v) is 5.40. The molecule has 1 amide bonds. The molecule has 154 valence electrons. The molecule has 0 saturated carbocycles. The minimum Gasteiger partial charge on any atom is -0.387 e. The minimum absolute atomic E-state index is 0.106. The van der Waals surface area contributed by atoms with Gasteiger partial charge in [-0.05, 0) is 6.07 Å². The highest BCUT2D eigenvalue weighted by Gasteiger charge is 2.49. The molecule has 3 heterocycles. The Hall–Kier alpha value is -2.14. The third-order valence-electron chi connectivity index (χ3n) is 5.05. The summed E-state index contributed by atoms with van der Waals surface area (Å²) in [5.41, 5.74) is -0.438. The summed E-state index contributed by atoms with van der Waals surface area (Å²) in [5, 5.41) is 27.5. The zero-order chi connectivity index (χ0) is 20.4. The number of benzene rings is 1. The van der Waals surface area contributed by atoms with Gasteiger partial charge < -0.3 is 25.0 Å². The lowest BCUT2D eigenvalue weighted by molar-refractivity contribution is -0.0467. The highest BCUT2D eigenvalue weighted by Crippen LogP contribution is 2.40. The summed E-state index contributed by atoms with van der Waals surface area (Å²) in [5.74, 6) is -0.443. The molecule has 29 heavy (non-hydrogen) atoms. The van der Waals surface area contributed by atoms with E-state index in [0.29, 0.717) is 5.02 Å². The second kappa shape index (κ2) is 8.31. The van der Waals surface area contributed by atoms with E-state index >= 15 is 0 Å². The van der Waals surface area contributed by atoms with Crippen molar-refractivity contribution in [3.63, 3.8) is 0 Å². The highest BCUT2D eigenvalue weighted by atomic mass is 35.5. The van der Waals surface area contributed by atoms with Crippen molar-refractivity contribution in [1.82, 2.24) is 20.6 Å². The van der Waals surface area contributed by atoms with Crippen molar-refractivity contribution in [2.24, 2.45) is 0 Å². The number of nitrogens with zero attached hydrogens (tertiary/aromatic N) is 2. The van der Waals surface area contributed by atoms with E-state index in [1.807, 2.05) is 18.2 Å². The van der Waals surface area contributed by atoms with Gasteiger partial charge >= 0.3 is 0 Å². The van der Waals surface area contributed by atoms with E-state index in [4.69, 9.17) is 21.1 Å². The number of amides is 1. The molecule has 0 bridgehead atoms. The van der Waals surface area contributed by atoms with Crippen LogP contribution in [0.5, 0.6) is 0 Å². The molecule has 5 atom stereocenters. The molecule has 1 aromatic heterocycles. The van der Waals surface area contributed by atoms with Gasteiger partial charge in [0.1, 0.15) is 30.4 Å². The van der Waals surface area contributed by atoms with E-state index in [1.54, 1.807) is 6.07 Å². The normalized spacial score (nSPS) is 30.9. The van der Waals surface area contributed by atoms with Crippen LogP contribution in [0.4, 0.5) is 0 Å². The molecule has 2 aromatic rings. The fourth-order valence-corrected chi connectivity index (χ4v) is 3.54. The van der Waals surface area contributed by atoms with Crippen LogP contribution in [0.2, 0.25) is 5.02 Å². The van der Waals surface area contributed by atoms with Gasteiger partial charge in [-0.25, -0.2) is 9.97 Å². The first-order valence-corrected chi connectivity index (χ1v) is 9.54. The van der Waals surface area contributed by atoms with Crippen LogP contribution >= 0.6 is 11.6 Å². The molecule has 2 fully saturated rings. The third kappa shape index (κ3) is 4.40. The maximum Gasteiger partial charge on any atom is 0.254 e. The van der Waals surface area contributed by atoms with Crippen LogP contribution in [-0.4, -0.2) is 69.8 Å². The van der Waals surface area contributed by atoms with Gasteiger partial charge in [0, 0.05) is 29.5 Å². The monoisotopic (exact) mass is 420 g/mol. The van der Waals surface area contributed by atoms with Crippen molar-refractivity contribution in [3.05, 3.63) is 59.1 Å². The van der Waals surface area contributed by atoms with Crippen molar-refractivity contribution in [1.29, 1.82) is 0 Å². The van der Waals surface area contributed by atoms with E-state index in [-0.39, 0.29) is 37.6 Å². The second-order valence-electron chi connectivity index (χ2n) is 7.11. The van der Waals surface area contributed by atoms with E-state index in [2.05, 4.69) is 20.6 Å². The van der Waals surface area contributed by atoms with Crippen LogP contribution in [0.15, 0.2) is 43.0 Å². The summed E-state index contributed by atoms with van der Waals surface area (Å²) in [6.45, 7) is 0.00167. The van der Waals surface area contributed by atoms with Crippen LogP contribution in [0.1, 0.15) is 22.0 Å². The first-order valence-electron chi connectivity index (χ1n) is 9.16. The van der Waals surface area contributed by atoms with Crippen molar-refractivity contribution < 1.29 is 24.5 Å². The van der Waals surface area contributed by atoms with Crippen molar-refractivity contribution in [2.45, 2.75) is 30.1 Å². The smallest absolute Gasteiger partial charge is 0.254 e. The van der Waals surface area contributed by atoms with Crippen molar-refractivity contribution in [3.8, 4) is 0 Å². The van der Waals surface area contributed by atoms with Gasteiger partial charge in [0.05, 0.1) is 24.8 Å². The van der Waals surface area contributed by atoms with Crippen LogP contribution < -0.4 is 10.6 Å². The number of aromatic nitrogens is 2. The first-order chi connectivity index (χ1) is 14.0. The van der Waals surface area contributed by atoms with Crippen LogP contribution in [0.3, 0.4) is 0 Å². The highest BCUT2D eigenvalue weighted by molar-refractivity contribution is 6.31. The number of aliphatic hydroxyl groups excluding tert-OH is 1. The van der Waals surface area contributed by atoms with Crippen LogP contribution in [-0.2, 0) is 9.47 Å². The molecule has 2 aliphatic rings. The van der Waals surface area contributed by atoms with Gasteiger partial charge in [-0.3, -0.25) is 10.1 Å². The zero-order valence-electron chi connectivity index (χ0n) is 15.4. The lowest BCUT2D eigenvalue weighted by Crippen LogP contribution is -2.53. The number of aliphatic hydroxyl groups is 2. The number of rotatable bonds is 7. The van der Waals surface area contributed by atoms with Crippen molar-refractivity contribution in [2.75, 3.05) is 19.7 Å². The Labute approximate surface area is 172 Å². The largest absolute Gasteiger partial charge is 0.387 e. The molecular weight excluding hydrogens is 400 g/mol. The summed E-state index contributed by atoms with van der Waals surface area (Å²) in [6.07, 6.45) is 1.83. The molecule has 10 heteroatoms. The molecule has 2 saturated heterocycles. The molecule has 2 unspecified atom stereocenters. The Kier molecular flexibility index (Phi) is 5.77. The van der Waals surface area contributed by atoms with Gasteiger partial charge in [0.15, 0.2) is 0 Å². The number of ether oxygens (including phenoxy) is 2. The summed E-state index contributed by atoms with van der Waals surface area (Å²) in [7, 11) is 0. The number of carbonyl (C=O) groups is 1. The van der Waals surface area contributed by atoms with Gasteiger partial charge in [-0.2, -0.15) is 0 Å². The van der Waals surface area contributed by atoms with Crippen molar-refractivity contribution >= 4 is 17.5 Å². The maximum absolute atomic E-state index is 12.1. The maximum atomic E-state index is 12.1. The molecular formula is C19H21ClN4O5. The molecule has 4 N–H and O–H groups in total. The number of hydrogen-bond donors (Lipinski definition) is 4. The standard InChI is InChI=1S/C19H21ClN4O5/c20-13-4-2-1-3-12(13)15-18(29-15)23-7-14-16(25)19(27,9-28-14)8-24-17(26)11-5-21-10-22-6-11/h1-6,10,14-16,18,23,25,27H,7-9H2,(H,24,26)/t14-,15?,16-,18?,19+/m1/s1. The lowest BCUT2D eigenvalue weighted by Gasteiger charge is -2.26. The fourth-order valence-electron chi connectivity index (χ4n) is 3.29. The Morgan fingerprint density at radius 3 is 2.83 bits per heavy atom. The van der Waals surface area contributed by atoms with Gasteiger partial charge in [-0.1, -0.05) is 29.8 Å². The summed E-state index contributed by atoms with van der Waals surface area (Å²) in [6, 6.07) is 7.44. The molecule has 1 aromatic carbocycles. The van der Waals surface area contributed by atoms with E-state index < -0.39 is 23.7 Å². The Morgan fingerprint density at radius 1 is 1.31 bits per heavy atom. The Bertz CT molecular complexity index is 873. The molecule has 0 radical (unpaired) electrons. The molecule has 4 rings (SSSR count). The fraction of sp³-hybridized carbons (Fsp3) is 0.421. The molecule has 9 nitrogen and oxygen atoms in total. The summed E-state index contributed by atoms with van der Waals surface area (Å²) < 4.78 is 11.1.